The topological polar surface area (TPSA) is 78.7 Å². The Bertz CT molecular complexity index is 727. The number of nitro benzene ring substituents is 1. The zero-order valence-electron chi connectivity index (χ0n) is 14.3. The second-order valence-corrected chi connectivity index (χ2v) is 5.67. The van der Waals surface area contributed by atoms with Crippen molar-refractivity contribution >= 4 is 11.7 Å². The van der Waals surface area contributed by atoms with Crippen LogP contribution < -0.4 is 9.47 Å². The second kappa shape index (κ2) is 8.82. The summed E-state index contributed by atoms with van der Waals surface area (Å²) in [5.41, 5.74) is 1.00. The number of carbonyl (C=O) groups is 1. The van der Waals surface area contributed by atoms with Gasteiger partial charge in [0.2, 0.25) is 0 Å². The second-order valence-electron chi connectivity index (χ2n) is 5.67. The standard InChI is InChI=1S/C19H21NO5/c1-3-14(2)17-6-4-5-7-18(17)25-19(21)12-13-24-16-10-8-15(9-11-16)20(22)23/h4-11,14H,3,12-13H2,1-2H3. The van der Waals surface area contributed by atoms with Crippen LogP contribution in [0, 0.1) is 10.1 Å². The molecule has 0 saturated carbocycles. The largest absolute Gasteiger partial charge is 0.493 e. The highest BCUT2D eigenvalue weighted by Crippen LogP contribution is 2.28. The SMILES string of the molecule is CCC(C)c1ccccc1OC(=O)CCOc1ccc([N+](=O)[O-])cc1. The molecule has 6 nitrogen and oxygen atoms in total. The number of benzene rings is 2. The van der Waals surface area contributed by atoms with Gasteiger partial charge in [0.25, 0.3) is 5.69 Å². The van der Waals surface area contributed by atoms with Crippen molar-refractivity contribution in [2.75, 3.05) is 6.61 Å². The van der Waals surface area contributed by atoms with Gasteiger partial charge in [-0.1, -0.05) is 32.0 Å². The van der Waals surface area contributed by atoms with Gasteiger partial charge in [-0.15, -0.1) is 0 Å². The average molecular weight is 343 g/mol. The van der Waals surface area contributed by atoms with Crippen LogP contribution in [-0.2, 0) is 4.79 Å². The summed E-state index contributed by atoms with van der Waals surface area (Å²) in [7, 11) is 0. The van der Waals surface area contributed by atoms with Crippen molar-refractivity contribution in [3.63, 3.8) is 0 Å². The van der Waals surface area contributed by atoms with Crippen molar-refractivity contribution < 1.29 is 19.2 Å². The van der Waals surface area contributed by atoms with Gasteiger partial charge in [0.1, 0.15) is 11.5 Å². The van der Waals surface area contributed by atoms with E-state index in [9.17, 15) is 14.9 Å². The van der Waals surface area contributed by atoms with Crippen LogP contribution in [0.3, 0.4) is 0 Å². The number of rotatable bonds is 8. The summed E-state index contributed by atoms with van der Waals surface area (Å²) < 4.78 is 10.9. The minimum absolute atomic E-state index is 0.00610. The van der Waals surface area contributed by atoms with Gasteiger partial charge in [-0.05, 0) is 36.1 Å². The van der Waals surface area contributed by atoms with E-state index in [1.807, 2.05) is 18.2 Å². The molecule has 0 amide bonds. The van der Waals surface area contributed by atoms with E-state index in [-0.39, 0.29) is 24.7 Å². The van der Waals surface area contributed by atoms with Gasteiger partial charge >= 0.3 is 5.97 Å². The molecule has 0 N–H and O–H groups in total. The molecule has 2 rings (SSSR count). The Morgan fingerprint density at radius 1 is 1.16 bits per heavy atom. The van der Waals surface area contributed by atoms with E-state index in [0.717, 1.165) is 12.0 Å². The van der Waals surface area contributed by atoms with E-state index < -0.39 is 4.92 Å². The molecule has 0 spiro atoms. The fourth-order valence-electron chi connectivity index (χ4n) is 2.29. The highest BCUT2D eigenvalue weighted by molar-refractivity contribution is 5.73. The van der Waals surface area contributed by atoms with Gasteiger partial charge < -0.3 is 9.47 Å². The smallest absolute Gasteiger partial charge is 0.314 e. The molecule has 25 heavy (non-hydrogen) atoms. The van der Waals surface area contributed by atoms with Crippen molar-refractivity contribution in [2.24, 2.45) is 0 Å². The quantitative estimate of drug-likeness (QED) is 0.305. The lowest BCUT2D eigenvalue weighted by molar-refractivity contribution is -0.384. The van der Waals surface area contributed by atoms with Crippen LogP contribution in [-0.4, -0.2) is 17.5 Å². The first-order chi connectivity index (χ1) is 12.0. The summed E-state index contributed by atoms with van der Waals surface area (Å²) in [6.07, 6.45) is 1.05. The van der Waals surface area contributed by atoms with Gasteiger partial charge in [0, 0.05) is 12.1 Å². The maximum Gasteiger partial charge on any atom is 0.314 e. The van der Waals surface area contributed by atoms with E-state index in [2.05, 4.69) is 13.8 Å². The van der Waals surface area contributed by atoms with Crippen molar-refractivity contribution in [1.29, 1.82) is 0 Å². The Hall–Kier alpha value is -2.89. The Kier molecular flexibility index (Phi) is 6.51. The molecule has 0 fully saturated rings. The maximum atomic E-state index is 12.0. The van der Waals surface area contributed by atoms with Crippen LogP contribution in [0.1, 0.15) is 38.2 Å². The monoisotopic (exact) mass is 343 g/mol. The van der Waals surface area contributed by atoms with E-state index >= 15 is 0 Å². The molecule has 6 heteroatoms. The first kappa shape index (κ1) is 18.4. The first-order valence-corrected chi connectivity index (χ1v) is 8.18. The number of ether oxygens (including phenoxy) is 2. The molecule has 0 radical (unpaired) electrons. The summed E-state index contributed by atoms with van der Waals surface area (Å²) in [5.74, 6) is 0.980. The number of hydrogen-bond donors (Lipinski definition) is 0. The molecule has 0 aromatic heterocycles. The van der Waals surface area contributed by atoms with Crippen LogP contribution in [0.4, 0.5) is 5.69 Å². The molecule has 0 bridgehead atoms. The molecule has 0 aliphatic carbocycles. The van der Waals surface area contributed by atoms with Crippen LogP contribution >= 0.6 is 0 Å². The molecule has 2 aromatic rings. The summed E-state index contributed by atoms with van der Waals surface area (Å²) in [6.45, 7) is 4.31. The number of nitrogens with zero attached hydrogens (tertiary/aromatic N) is 1. The average Bonchev–Trinajstić information content (AvgIpc) is 2.62. The third kappa shape index (κ3) is 5.31. The number of non-ortho nitro benzene ring substituents is 1. The molecule has 0 aliphatic rings. The zero-order valence-corrected chi connectivity index (χ0v) is 14.3. The molecular weight excluding hydrogens is 322 g/mol. The fourth-order valence-corrected chi connectivity index (χ4v) is 2.29. The number of esters is 1. The third-order valence-electron chi connectivity index (χ3n) is 3.91. The zero-order chi connectivity index (χ0) is 18.2. The molecule has 1 unspecified atom stereocenters. The van der Waals surface area contributed by atoms with Gasteiger partial charge in [-0.3, -0.25) is 14.9 Å². The Labute approximate surface area is 146 Å². The molecule has 0 saturated heterocycles. The molecule has 0 aliphatic heterocycles. The van der Waals surface area contributed by atoms with Crippen molar-refractivity contribution in [3.05, 3.63) is 64.2 Å². The maximum absolute atomic E-state index is 12.0. The van der Waals surface area contributed by atoms with Crippen LogP contribution in [0.25, 0.3) is 0 Å². The van der Waals surface area contributed by atoms with Crippen LogP contribution in [0.5, 0.6) is 11.5 Å². The number of carbonyl (C=O) groups excluding carboxylic acids is 1. The lowest BCUT2D eigenvalue weighted by atomic mass is 9.98. The number of para-hydroxylation sites is 1. The van der Waals surface area contributed by atoms with Crippen LogP contribution in [0.2, 0.25) is 0 Å². The van der Waals surface area contributed by atoms with Gasteiger partial charge in [0.15, 0.2) is 0 Å². The summed E-state index contributed by atoms with van der Waals surface area (Å²) >= 11 is 0. The lowest BCUT2D eigenvalue weighted by Crippen LogP contribution is -2.14. The lowest BCUT2D eigenvalue weighted by Gasteiger charge is -2.14. The van der Waals surface area contributed by atoms with E-state index in [1.165, 1.54) is 24.3 Å². The summed E-state index contributed by atoms with van der Waals surface area (Å²) in [6, 6.07) is 13.2. The van der Waals surface area contributed by atoms with E-state index in [0.29, 0.717) is 17.4 Å². The predicted octanol–water partition coefficient (Wildman–Crippen LogP) is 4.48. The minimum Gasteiger partial charge on any atom is -0.493 e. The molecule has 0 heterocycles. The number of hydrogen-bond acceptors (Lipinski definition) is 5. The Morgan fingerprint density at radius 3 is 2.48 bits per heavy atom. The fraction of sp³-hybridized carbons (Fsp3) is 0.316. The van der Waals surface area contributed by atoms with Gasteiger partial charge in [-0.2, -0.15) is 0 Å². The highest BCUT2D eigenvalue weighted by atomic mass is 16.6. The number of nitro groups is 1. The first-order valence-electron chi connectivity index (χ1n) is 8.18. The van der Waals surface area contributed by atoms with Crippen molar-refractivity contribution in [2.45, 2.75) is 32.6 Å². The molecule has 132 valence electrons. The normalized spacial score (nSPS) is 11.6. The summed E-state index contributed by atoms with van der Waals surface area (Å²) in [4.78, 5) is 22.1. The van der Waals surface area contributed by atoms with E-state index in [1.54, 1.807) is 6.07 Å². The van der Waals surface area contributed by atoms with E-state index in [4.69, 9.17) is 9.47 Å². The minimum atomic E-state index is -0.476. The van der Waals surface area contributed by atoms with Crippen molar-refractivity contribution in [1.82, 2.24) is 0 Å². The molecule has 1 atom stereocenters. The Morgan fingerprint density at radius 2 is 1.84 bits per heavy atom. The predicted molar refractivity (Wildman–Crippen MR) is 94.0 cm³/mol. The van der Waals surface area contributed by atoms with Crippen LogP contribution in [0.15, 0.2) is 48.5 Å². The third-order valence-corrected chi connectivity index (χ3v) is 3.91. The molecular formula is C19H21NO5. The summed E-state index contributed by atoms with van der Waals surface area (Å²) in [5, 5.41) is 10.6. The highest BCUT2D eigenvalue weighted by Gasteiger charge is 2.13. The van der Waals surface area contributed by atoms with Gasteiger partial charge in [0.05, 0.1) is 18.0 Å². The molecule has 2 aromatic carbocycles. The van der Waals surface area contributed by atoms with Crippen molar-refractivity contribution in [3.8, 4) is 11.5 Å². The Balaban J connectivity index is 1.86. The van der Waals surface area contributed by atoms with Gasteiger partial charge in [-0.25, -0.2) is 0 Å².